The SMILES string of the molecule is CN(C)[C@@H]1[C@@H]2O[C@@H]3O[C@H]1[C@H]([N+](C)(C)C)[C@@H](O3)[C@@H]2OCc1ccccc1. The van der Waals surface area contributed by atoms with Gasteiger partial charge in [-0.2, -0.15) is 0 Å². The Hall–Kier alpha value is -1.02. The van der Waals surface area contributed by atoms with Gasteiger partial charge in [-0.15, -0.1) is 0 Å². The zero-order valence-electron chi connectivity index (χ0n) is 15.7. The van der Waals surface area contributed by atoms with E-state index in [2.05, 4.69) is 52.3 Å². The molecular weight excluding hydrogens is 320 g/mol. The van der Waals surface area contributed by atoms with Crippen molar-refractivity contribution < 1.29 is 23.4 Å². The van der Waals surface area contributed by atoms with E-state index in [1.165, 1.54) is 0 Å². The molecule has 6 nitrogen and oxygen atoms in total. The van der Waals surface area contributed by atoms with Crippen LogP contribution >= 0.6 is 0 Å². The molecule has 1 aliphatic carbocycles. The summed E-state index contributed by atoms with van der Waals surface area (Å²) in [6, 6.07) is 10.6. The van der Waals surface area contributed by atoms with Crippen molar-refractivity contribution in [2.24, 2.45) is 0 Å². The van der Waals surface area contributed by atoms with Gasteiger partial charge in [0.05, 0.1) is 33.8 Å². The third kappa shape index (κ3) is 3.01. The van der Waals surface area contributed by atoms with Gasteiger partial charge in [0.15, 0.2) is 0 Å². The summed E-state index contributed by atoms with van der Waals surface area (Å²) in [6.07, 6.45) is -0.0909. The van der Waals surface area contributed by atoms with E-state index >= 15 is 0 Å². The molecule has 7 atom stereocenters. The molecule has 4 fully saturated rings. The Balaban J connectivity index is 1.61. The first kappa shape index (κ1) is 17.4. The van der Waals surface area contributed by atoms with Crippen LogP contribution in [-0.2, 0) is 25.6 Å². The second-order valence-electron chi connectivity index (χ2n) is 8.41. The molecule has 0 spiro atoms. The summed E-state index contributed by atoms with van der Waals surface area (Å²) in [6.45, 7) is 0.00129. The highest BCUT2D eigenvalue weighted by atomic mass is 16.9. The van der Waals surface area contributed by atoms with E-state index in [1.807, 2.05) is 18.2 Å². The van der Waals surface area contributed by atoms with Crippen LogP contribution in [-0.4, -0.2) is 87.6 Å². The summed E-state index contributed by atoms with van der Waals surface area (Å²) in [5.41, 5.74) is 1.16. The minimum atomic E-state index is -0.560. The van der Waals surface area contributed by atoms with Crippen LogP contribution in [0.1, 0.15) is 5.56 Å². The maximum atomic E-state index is 6.37. The normalized spacial score (nSPS) is 40.0. The van der Waals surface area contributed by atoms with Crippen LogP contribution in [0.4, 0.5) is 0 Å². The molecule has 0 radical (unpaired) electrons. The van der Waals surface area contributed by atoms with Crippen molar-refractivity contribution in [1.29, 1.82) is 0 Å². The zero-order chi connectivity index (χ0) is 17.8. The van der Waals surface area contributed by atoms with E-state index in [0.29, 0.717) is 6.61 Å². The quantitative estimate of drug-likeness (QED) is 0.744. The van der Waals surface area contributed by atoms with E-state index in [0.717, 1.165) is 10.0 Å². The lowest BCUT2D eigenvalue weighted by molar-refractivity contribution is -0.912. The van der Waals surface area contributed by atoms with Crippen LogP contribution in [0.25, 0.3) is 0 Å². The minimum Gasteiger partial charge on any atom is -0.368 e. The monoisotopic (exact) mass is 349 g/mol. The topological polar surface area (TPSA) is 40.2 Å². The lowest BCUT2D eigenvalue weighted by Gasteiger charge is -2.62. The Kier molecular flexibility index (Phi) is 4.38. The smallest absolute Gasteiger partial charge is 0.273 e. The highest BCUT2D eigenvalue weighted by Gasteiger charge is 2.66. The Morgan fingerprint density at radius 2 is 1.60 bits per heavy atom. The predicted molar refractivity (Wildman–Crippen MR) is 92.7 cm³/mol. The van der Waals surface area contributed by atoms with Gasteiger partial charge in [0.2, 0.25) is 0 Å². The molecule has 0 aromatic heterocycles. The number of benzene rings is 1. The molecule has 4 bridgehead atoms. The Morgan fingerprint density at radius 3 is 2.24 bits per heavy atom. The Bertz CT molecular complexity index is 603. The number of hydrogen-bond donors (Lipinski definition) is 0. The van der Waals surface area contributed by atoms with E-state index in [9.17, 15) is 0 Å². The molecule has 3 heterocycles. The van der Waals surface area contributed by atoms with Gasteiger partial charge in [-0.05, 0) is 19.7 Å². The van der Waals surface area contributed by atoms with Crippen molar-refractivity contribution in [1.82, 2.24) is 4.90 Å². The molecule has 3 aliphatic heterocycles. The molecule has 1 aromatic rings. The highest BCUT2D eigenvalue weighted by Crippen LogP contribution is 2.45. The van der Waals surface area contributed by atoms with Crippen LogP contribution in [0.3, 0.4) is 0 Å². The molecule has 5 rings (SSSR count). The second kappa shape index (κ2) is 6.30. The molecule has 3 saturated heterocycles. The number of likely N-dealkylation sites (N-methyl/N-ethyl adjacent to an activating group) is 2. The third-order valence-electron chi connectivity index (χ3n) is 5.57. The predicted octanol–water partition coefficient (Wildman–Crippen LogP) is 1.06. The lowest BCUT2D eigenvalue weighted by atomic mass is 9.77. The fourth-order valence-corrected chi connectivity index (χ4v) is 4.54. The lowest BCUT2D eigenvalue weighted by Crippen LogP contribution is -2.81. The minimum absolute atomic E-state index is 0.0255. The van der Waals surface area contributed by atoms with Gasteiger partial charge in [-0.25, -0.2) is 0 Å². The molecule has 1 aromatic carbocycles. The van der Waals surface area contributed by atoms with Crippen molar-refractivity contribution in [3.63, 3.8) is 0 Å². The van der Waals surface area contributed by atoms with E-state index in [-0.39, 0.29) is 36.5 Å². The second-order valence-corrected chi connectivity index (χ2v) is 8.41. The van der Waals surface area contributed by atoms with Gasteiger partial charge in [0.25, 0.3) is 6.48 Å². The van der Waals surface area contributed by atoms with Gasteiger partial charge in [-0.1, -0.05) is 30.3 Å². The van der Waals surface area contributed by atoms with Crippen LogP contribution < -0.4 is 0 Å². The molecule has 0 unspecified atom stereocenters. The number of hydrogen-bond acceptors (Lipinski definition) is 5. The van der Waals surface area contributed by atoms with Crippen LogP contribution in [0.2, 0.25) is 0 Å². The largest absolute Gasteiger partial charge is 0.368 e. The molecule has 138 valence electrons. The number of quaternary nitrogens is 1. The summed E-state index contributed by atoms with van der Waals surface area (Å²) in [4.78, 5) is 2.20. The molecule has 25 heavy (non-hydrogen) atoms. The standard InChI is InChI=1S/C19H29N2O4/c1-20(2)13-15-14(21(3,4)5)17-18(16(13)24-19(23-15)25-17)22-11-12-9-7-6-8-10-12/h6-10,13-19H,11H2,1-5H3/q+1/t13-,14-,15+,16-,17+,18+,19-/m0/s1. The maximum absolute atomic E-state index is 6.37. The fraction of sp³-hybridized carbons (Fsp3) is 0.684. The third-order valence-corrected chi connectivity index (χ3v) is 5.57. The highest BCUT2D eigenvalue weighted by molar-refractivity contribution is 5.14. The van der Waals surface area contributed by atoms with E-state index in [4.69, 9.17) is 18.9 Å². The summed E-state index contributed by atoms with van der Waals surface area (Å²) in [5, 5.41) is 0. The Labute approximate surface area is 149 Å². The molecule has 0 amide bonds. The fourth-order valence-electron chi connectivity index (χ4n) is 4.54. The summed E-state index contributed by atoms with van der Waals surface area (Å²) < 4.78 is 25.4. The van der Waals surface area contributed by atoms with Crippen molar-refractivity contribution in [2.75, 3.05) is 35.2 Å². The van der Waals surface area contributed by atoms with Gasteiger partial charge in [-0.3, -0.25) is 0 Å². The molecule has 4 aliphatic rings. The van der Waals surface area contributed by atoms with Crippen LogP contribution in [0, 0.1) is 0 Å². The summed E-state index contributed by atoms with van der Waals surface area (Å²) in [5.74, 6) is 0. The number of nitrogens with zero attached hydrogens (tertiary/aromatic N) is 2. The average molecular weight is 349 g/mol. The Morgan fingerprint density at radius 1 is 0.960 bits per heavy atom. The van der Waals surface area contributed by atoms with Gasteiger partial charge in [0.1, 0.15) is 30.5 Å². The van der Waals surface area contributed by atoms with Gasteiger partial charge >= 0.3 is 0 Å². The maximum Gasteiger partial charge on any atom is 0.273 e. The van der Waals surface area contributed by atoms with Gasteiger partial charge in [0, 0.05) is 0 Å². The van der Waals surface area contributed by atoms with Gasteiger partial charge < -0.3 is 28.3 Å². The average Bonchev–Trinajstić information content (AvgIpc) is 2.53. The van der Waals surface area contributed by atoms with Crippen molar-refractivity contribution in [3.05, 3.63) is 35.9 Å². The van der Waals surface area contributed by atoms with E-state index < -0.39 is 6.48 Å². The van der Waals surface area contributed by atoms with Crippen LogP contribution in [0.15, 0.2) is 30.3 Å². The summed E-state index contributed by atoms with van der Waals surface area (Å²) >= 11 is 0. The first-order valence-electron chi connectivity index (χ1n) is 8.96. The van der Waals surface area contributed by atoms with Crippen LogP contribution in [0.5, 0.6) is 0 Å². The summed E-state index contributed by atoms with van der Waals surface area (Å²) in [7, 11) is 10.8. The zero-order valence-corrected chi connectivity index (χ0v) is 15.7. The number of ether oxygens (including phenoxy) is 4. The molecule has 0 N–H and O–H groups in total. The molecular formula is C19H29N2O4+. The van der Waals surface area contributed by atoms with E-state index in [1.54, 1.807) is 0 Å². The first-order valence-corrected chi connectivity index (χ1v) is 8.96. The molecule has 6 heteroatoms. The first-order chi connectivity index (χ1) is 11.9. The van der Waals surface area contributed by atoms with Crippen molar-refractivity contribution in [2.45, 2.75) is 49.6 Å². The number of rotatable bonds is 5. The molecule has 1 saturated carbocycles. The van der Waals surface area contributed by atoms with Crippen molar-refractivity contribution in [3.8, 4) is 0 Å². The van der Waals surface area contributed by atoms with Crippen molar-refractivity contribution >= 4 is 0 Å².